The number of halogens is 1. The second-order valence-corrected chi connectivity index (χ2v) is 7.42. The molecule has 2 heterocycles. The van der Waals surface area contributed by atoms with E-state index in [2.05, 4.69) is 69.4 Å². The first kappa shape index (κ1) is 15.4. The van der Waals surface area contributed by atoms with Gasteiger partial charge in [-0.05, 0) is 41.1 Å². The molecule has 5 heteroatoms. The van der Waals surface area contributed by atoms with Gasteiger partial charge >= 0.3 is 0 Å². The molecule has 1 fully saturated rings. The van der Waals surface area contributed by atoms with E-state index >= 15 is 0 Å². The zero-order chi connectivity index (χ0) is 14.7. The molecule has 1 aliphatic rings. The van der Waals surface area contributed by atoms with Crippen molar-refractivity contribution in [2.24, 2.45) is 0 Å². The van der Waals surface area contributed by atoms with E-state index in [1.54, 1.807) is 11.3 Å². The average Bonchev–Trinajstić information content (AvgIpc) is 2.99. The molecule has 0 aliphatic carbocycles. The molecule has 3 rings (SSSR count). The number of thiazole rings is 1. The van der Waals surface area contributed by atoms with Gasteiger partial charge in [0.15, 0.2) is 0 Å². The van der Waals surface area contributed by atoms with Crippen LogP contribution in [0.1, 0.15) is 24.4 Å². The van der Waals surface area contributed by atoms with Crippen LogP contribution in [-0.2, 0) is 0 Å². The summed E-state index contributed by atoms with van der Waals surface area (Å²) in [5.41, 5.74) is 2.33. The fourth-order valence-electron chi connectivity index (χ4n) is 2.78. The van der Waals surface area contributed by atoms with Crippen LogP contribution in [0.3, 0.4) is 0 Å². The summed E-state index contributed by atoms with van der Waals surface area (Å²) in [6, 6.07) is 9.07. The van der Waals surface area contributed by atoms with Crippen molar-refractivity contribution >= 4 is 33.9 Å². The van der Waals surface area contributed by atoms with E-state index in [-0.39, 0.29) is 0 Å². The molecule has 0 saturated carbocycles. The molecule has 0 bridgehead atoms. The largest absolute Gasteiger partial charge is 0.314 e. The number of nitrogens with zero attached hydrogens (tertiary/aromatic N) is 2. The molecular weight excluding hydrogens is 393 g/mol. The van der Waals surface area contributed by atoms with E-state index in [4.69, 9.17) is 4.98 Å². The van der Waals surface area contributed by atoms with Crippen molar-refractivity contribution < 1.29 is 0 Å². The summed E-state index contributed by atoms with van der Waals surface area (Å²) in [4.78, 5) is 7.47. The van der Waals surface area contributed by atoms with Crippen LogP contribution in [0.5, 0.6) is 0 Å². The van der Waals surface area contributed by atoms with Crippen LogP contribution in [0.4, 0.5) is 0 Å². The monoisotopic (exact) mass is 413 g/mol. The minimum Gasteiger partial charge on any atom is -0.314 e. The Morgan fingerprint density at radius 3 is 2.67 bits per heavy atom. The summed E-state index contributed by atoms with van der Waals surface area (Å²) in [6.45, 7) is 6.68. The third-order valence-corrected chi connectivity index (χ3v) is 5.59. The molecule has 0 spiro atoms. The zero-order valence-electron chi connectivity index (χ0n) is 12.2. The molecule has 1 N–H and O–H groups in total. The third-order valence-electron chi connectivity index (χ3n) is 3.93. The van der Waals surface area contributed by atoms with Crippen LogP contribution < -0.4 is 5.32 Å². The van der Waals surface area contributed by atoms with Crippen molar-refractivity contribution in [1.29, 1.82) is 0 Å². The molecule has 1 saturated heterocycles. The topological polar surface area (TPSA) is 28.2 Å². The van der Waals surface area contributed by atoms with E-state index in [9.17, 15) is 0 Å². The van der Waals surface area contributed by atoms with Crippen molar-refractivity contribution in [1.82, 2.24) is 15.2 Å². The number of piperazine rings is 1. The number of nitrogens with one attached hydrogen (secondary N) is 1. The summed E-state index contributed by atoms with van der Waals surface area (Å²) in [5, 5.41) is 6.88. The van der Waals surface area contributed by atoms with Gasteiger partial charge in [0.2, 0.25) is 0 Å². The van der Waals surface area contributed by atoms with Gasteiger partial charge in [0.1, 0.15) is 5.01 Å². The van der Waals surface area contributed by atoms with Crippen molar-refractivity contribution in [3.8, 4) is 11.3 Å². The lowest BCUT2D eigenvalue weighted by atomic mass is 10.1. The Hall–Kier alpha value is -0.500. The number of rotatable bonds is 4. The Kier molecular flexibility index (Phi) is 5.26. The van der Waals surface area contributed by atoms with E-state index in [1.807, 2.05) is 0 Å². The van der Waals surface area contributed by atoms with Crippen LogP contribution in [0.25, 0.3) is 11.3 Å². The minimum absolute atomic E-state index is 0.467. The van der Waals surface area contributed by atoms with Crippen LogP contribution in [-0.4, -0.2) is 36.1 Å². The minimum atomic E-state index is 0.467. The first-order valence-corrected chi connectivity index (χ1v) is 9.40. The van der Waals surface area contributed by atoms with Gasteiger partial charge in [0, 0.05) is 40.7 Å². The van der Waals surface area contributed by atoms with Crippen molar-refractivity contribution in [3.05, 3.63) is 38.2 Å². The van der Waals surface area contributed by atoms with Crippen LogP contribution in [0, 0.1) is 3.57 Å². The lowest BCUT2D eigenvalue weighted by Gasteiger charge is -2.33. The molecular formula is C16H20IN3S. The van der Waals surface area contributed by atoms with Gasteiger partial charge < -0.3 is 5.32 Å². The van der Waals surface area contributed by atoms with Gasteiger partial charge in [0.25, 0.3) is 0 Å². The predicted octanol–water partition coefficient (Wildman–Crippen LogP) is 3.77. The Morgan fingerprint density at radius 2 is 2.00 bits per heavy atom. The standard InChI is InChI=1S/C16H20IN3S/c1-2-15(20-9-7-18-8-10-20)16-19-14(11-21-16)12-3-5-13(17)6-4-12/h3-6,11,15,18H,2,7-10H2,1H3. The van der Waals surface area contributed by atoms with Gasteiger partial charge in [-0.25, -0.2) is 4.98 Å². The summed E-state index contributed by atoms with van der Waals surface area (Å²) < 4.78 is 1.26. The molecule has 2 aromatic rings. The molecule has 1 atom stereocenters. The third kappa shape index (κ3) is 3.64. The van der Waals surface area contributed by atoms with Crippen molar-refractivity contribution in [3.63, 3.8) is 0 Å². The summed E-state index contributed by atoms with van der Waals surface area (Å²) in [5.74, 6) is 0. The quantitative estimate of drug-likeness (QED) is 0.774. The maximum absolute atomic E-state index is 4.91. The van der Waals surface area contributed by atoms with E-state index in [0.29, 0.717) is 6.04 Å². The predicted molar refractivity (Wildman–Crippen MR) is 97.7 cm³/mol. The highest BCUT2D eigenvalue weighted by molar-refractivity contribution is 14.1. The molecule has 1 unspecified atom stereocenters. The Labute approximate surface area is 143 Å². The first-order chi connectivity index (χ1) is 10.3. The van der Waals surface area contributed by atoms with E-state index < -0.39 is 0 Å². The lowest BCUT2D eigenvalue weighted by molar-refractivity contribution is 0.169. The van der Waals surface area contributed by atoms with Crippen molar-refractivity contribution in [2.75, 3.05) is 26.2 Å². The highest BCUT2D eigenvalue weighted by atomic mass is 127. The molecule has 1 aromatic heterocycles. The fraction of sp³-hybridized carbons (Fsp3) is 0.438. The second-order valence-electron chi connectivity index (χ2n) is 5.29. The van der Waals surface area contributed by atoms with Gasteiger partial charge in [-0.1, -0.05) is 19.1 Å². The van der Waals surface area contributed by atoms with E-state index in [0.717, 1.165) is 38.3 Å². The number of hydrogen-bond acceptors (Lipinski definition) is 4. The van der Waals surface area contributed by atoms with Crippen LogP contribution >= 0.6 is 33.9 Å². The number of benzene rings is 1. The van der Waals surface area contributed by atoms with Crippen LogP contribution in [0.2, 0.25) is 0 Å². The SMILES string of the molecule is CCC(c1nc(-c2ccc(I)cc2)cs1)N1CCNCC1. The summed E-state index contributed by atoms with van der Waals surface area (Å²) in [7, 11) is 0. The molecule has 112 valence electrons. The molecule has 0 radical (unpaired) electrons. The number of hydrogen-bond donors (Lipinski definition) is 1. The smallest absolute Gasteiger partial charge is 0.110 e. The summed E-state index contributed by atoms with van der Waals surface area (Å²) >= 11 is 4.14. The molecule has 21 heavy (non-hydrogen) atoms. The van der Waals surface area contributed by atoms with Crippen LogP contribution in [0.15, 0.2) is 29.6 Å². The molecule has 1 aliphatic heterocycles. The summed E-state index contributed by atoms with van der Waals surface area (Å²) in [6.07, 6.45) is 1.12. The highest BCUT2D eigenvalue weighted by Crippen LogP contribution is 2.31. The lowest BCUT2D eigenvalue weighted by Crippen LogP contribution is -2.45. The number of aromatic nitrogens is 1. The second kappa shape index (κ2) is 7.17. The van der Waals surface area contributed by atoms with Gasteiger partial charge in [-0.2, -0.15) is 0 Å². The van der Waals surface area contributed by atoms with Gasteiger partial charge in [-0.3, -0.25) is 4.90 Å². The molecule has 1 aromatic carbocycles. The Balaban J connectivity index is 1.80. The molecule has 0 amide bonds. The fourth-order valence-corrected chi connectivity index (χ4v) is 4.18. The normalized spacial score (nSPS) is 17.8. The zero-order valence-corrected chi connectivity index (χ0v) is 15.2. The van der Waals surface area contributed by atoms with Crippen molar-refractivity contribution in [2.45, 2.75) is 19.4 Å². The Bertz CT molecular complexity index is 575. The maximum Gasteiger partial charge on any atom is 0.110 e. The Morgan fingerprint density at radius 1 is 1.29 bits per heavy atom. The van der Waals surface area contributed by atoms with E-state index in [1.165, 1.54) is 14.1 Å². The van der Waals surface area contributed by atoms with Gasteiger partial charge in [0.05, 0.1) is 11.7 Å². The highest BCUT2D eigenvalue weighted by Gasteiger charge is 2.23. The first-order valence-electron chi connectivity index (χ1n) is 7.44. The average molecular weight is 413 g/mol. The van der Waals surface area contributed by atoms with Gasteiger partial charge in [-0.15, -0.1) is 11.3 Å². The molecule has 3 nitrogen and oxygen atoms in total. The maximum atomic E-state index is 4.91.